The Balaban J connectivity index is 1.67. The van der Waals surface area contributed by atoms with E-state index in [0.717, 1.165) is 5.92 Å². The average Bonchev–Trinajstić information content (AvgIpc) is 2.82. The molecule has 1 nitrogen and oxygen atoms in total. The topological polar surface area (TPSA) is 3.88 Å². The van der Waals surface area contributed by atoms with Crippen LogP contribution in [0.15, 0.2) is 72.9 Å². The molecule has 31 heavy (non-hydrogen) atoms. The molecular formula is C30H32N+. The molecule has 0 amide bonds. The maximum atomic E-state index is 2.50. The van der Waals surface area contributed by atoms with E-state index < -0.39 is 0 Å². The van der Waals surface area contributed by atoms with Gasteiger partial charge in [-0.1, -0.05) is 61.7 Å². The third-order valence-electron chi connectivity index (χ3n) is 7.27. The molecule has 1 aliphatic carbocycles. The van der Waals surface area contributed by atoms with Crippen molar-refractivity contribution >= 4 is 10.8 Å². The number of hydrogen-bond donors (Lipinski definition) is 0. The zero-order valence-corrected chi connectivity index (χ0v) is 19.0. The van der Waals surface area contributed by atoms with Crippen molar-refractivity contribution in [3.8, 4) is 22.4 Å². The van der Waals surface area contributed by atoms with Crippen molar-refractivity contribution in [1.82, 2.24) is 0 Å². The molecule has 1 heteroatoms. The number of rotatable bonds is 3. The molecule has 0 radical (unpaired) electrons. The first kappa shape index (κ1) is 20.0. The van der Waals surface area contributed by atoms with Crippen LogP contribution in [-0.2, 0) is 7.05 Å². The Morgan fingerprint density at radius 2 is 1.55 bits per heavy atom. The van der Waals surface area contributed by atoms with E-state index in [1.807, 2.05) is 0 Å². The third kappa shape index (κ3) is 3.78. The molecule has 1 saturated carbocycles. The highest BCUT2D eigenvalue weighted by Crippen LogP contribution is 2.38. The van der Waals surface area contributed by atoms with Gasteiger partial charge in [0, 0.05) is 6.07 Å². The van der Waals surface area contributed by atoms with E-state index >= 15 is 0 Å². The van der Waals surface area contributed by atoms with Crippen molar-refractivity contribution in [3.63, 3.8) is 0 Å². The standard InChI is InChI=1S/C30H32N/c1-21-18-27(24-12-8-5-9-13-24)20-29(22(21)2)30-28-15-14-25(23-10-6-4-7-11-23)19-26(28)16-17-31(30)3/h4,6-7,10-11,14-20,24H,5,8-9,12-13H2,1-3H3/q+1. The van der Waals surface area contributed by atoms with Crippen molar-refractivity contribution in [1.29, 1.82) is 0 Å². The SMILES string of the molecule is Cc1cc(C2CCCCC2)cc(-c2c3ccc(-c4ccccc4)cc3cc[n+]2C)c1C. The fourth-order valence-corrected chi connectivity index (χ4v) is 5.32. The van der Waals surface area contributed by atoms with Gasteiger partial charge in [-0.3, -0.25) is 0 Å². The highest BCUT2D eigenvalue weighted by molar-refractivity contribution is 5.96. The first-order valence-corrected chi connectivity index (χ1v) is 11.7. The second-order valence-electron chi connectivity index (χ2n) is 9.29. The van der Waals surface area contributed by atoms with Gasteiger partial charge in [0.2, 0.25) is 5.69 Å². The van der Waals surface area contributed by atoms with Gasteiger partial charge in [0.05, 0.1) is 10.9 Å². The summed E-state index contributed by atoms with van der Waals surface area (Å²) in [6.07, 6.45) is 9.03. The third-order valence-corrected chi connectivity index (χ3v) is 7.27. The fourth-order valence-electron chi connectivity index (χ4n) is 5.32. The highest BCUT2D eigenvalue weighted by atomic mass is 14.9. The lowest BCUT2D eigenvalue weighted by Crippen LogP contribution is -2.31. The molecule has 1 fully saturated rings. The predicted molar refractivity (Wildman–Crippen MR) is 131 cm³/mol. The number of pyridine rings is 1. The van der Waals surface area contributed by atoms with Gasteiger partial charge in [0.15, 0.2) is 6.20 Å². The number of nitrogens with zero attached hydrogens (tertiary/aromatic N) is 1. The van der Waals surface area contributed by atoms with E-state index in [4.69, 9.17) is 0 Å². The molecule has 0 spiro atoms. The molecule has 3 aromatic carbocycles. The van der Waals surface area contributed by atoms with Crippen LogP contribution in [0.4, 0.5) is 0 Å². The van der Waals surface area contributed by atoms with Crippen LogP contribution in [0.1, 0.15) is 54.7 Å². The van der Waals surface area contributed by atoms with Crippen LogP contribution in [0.5, 0.6) is 0 Å². The summed E-state index contributed by atoms with van der Waals surface area (Å²) in [6, 6.07) is 24.8. The average molecular weight is 407 g/mol. The monoisotopic (exact) mass is 406 g/mol. The Hall–Kier alpha value is -2.93. The summed E-state index contributed by atoms with van der Waals surface area (Å²) in [4.78, 5) is 0. The summed E-state index contributed by atoms with van der Waals surface area (Å²) in [5, 5.41) is 2.63. The lowest BCUT2D eigenvalue weighted by molar-refractivity contribution is -0.659. The van der Waals surface area contributed by atoms with E-state index in [0.29, 0.717) is 0 Å². The summed E-state index contributed by atoms with van der Waals surface area (Å²) < 4.78 is 2.30. The van der Waals surface area contributed by atoms with Gasteiger partial charge < -0.3 is 0 Å². The zero-order chi connectivity index (χ0) is 21.4. The first-order valence-electron chi connectivity index (χ1n) is 11.7. The lowest BCUT2D eigenvalue weighted by Gasteiger charge is -2.23. The smallest absolute Gasteiger partial charge is 0.200 e. The van der Waals surface area contributed by atoms with E-state index in [9.17, 15) is 0 Å². The molecule has 1 aromatic heterocycles. The van der Waals surface area contributed by atoms with E-state index in [-0.39, 0.29) is 0 Å². The maximum absolute atomic E-state index is 2.50. The maximum Gasteiger partial charge on any atom is 0.220 e. The molecule has 4 aromatic rings. The Bertz CT molecular complexity index is 1230. The van der Waals surface area contributed by atoms with Crippen molar-refractivity contribution in [3.05, 3.63) is 89.6 Å². The van der Waals surface area contributed by atoms with Crippen LogP contribution in [0.2, 0.25) is 0 Å². The zero-order valence-electron chi connectivity index (χ0n) is 19.0. The molecule has 0 bridgehead atoms. The summed E-state index contributed by atoms with van der Waals surface area (Å²) in [5.74, 6) is 0.719. The fraction of sp³-hybridized carbons (Fsp3) is 0.300. The van der Waals surface area contributed by atoms with Crippen LogP contribution in [0.25, 0.3) is 33.2 Å². The second-order valence-corrected chi connectivity index (χ2v) is 9.29. The minimum absolute atomic E-state index is 0.719. The van der Waals surface area contributed by atoms with Crippen LogP contribution in [0, 0.1) is 13.8 Å². The predicted octanol–water partition coefficient (Wildman–Crippen LogP) is 7.66. The minimum Gasteiger partial charge on any atom is -0.200 e. The van der Waals surface area contributed by atoms with Crippen LogP contribution < -0.4 is 4.57 Å². The molecular weight excluding hydrogens is 374 g/mol. The number of aromatic nitrogens is 1. The van der Waals surface area contributed by atoms with E-state index in [1.54, 1.807) is 0 Å². The van der Waals surface area contributed by atoms with Crippen LogP contribution in [-0.4, -0.2) is 0 Å². The number of fused-ring (bicyclic) bond motifs is 1. The molecule has 1 heterocycles. The van der Waals surface area contributed by atoms with Crippen molar-refractivity contribution in [2.45, 2.75) is 51.9 Å². The summed E-state index contributed by atoms with van der Waals surface area (Å²) in [5.41, 5.74) is 9.61. The Morgan fingerprint density at radius 1 is 0.774 bits per heavy atom. The molecule has 5 rings (SSSR count). The first-order chi connectivity index (χ1) is 15.1. The Morgan fingerprint density at radius 3 is 2.32 bits per heavy atom. The second kappa shape index (κ2) is 8.30. The largest absolute Gasteiger partial charge is 0.220 e. The molecule has 0 saturated heterocycles. The van der Waals surface area contributed by atoms with Crippen molar-refractivity contribution in [2.24, 2.45) is 7.05 Å². The van der Waals surface area contributed by atoms with Gasteiger partial charge in [0.25, 0.3) is 0 Å². The normalized spacial score (nSPS) is 14.8. The van der Waals surface area contributed by atoms with Crippen LogP contribution >= 0.6 is 0 Å². The summed E-state index contributed by atoms with van der Waals surface area (Å²) >= 11 is 0. The van der Waals surface area contributed by atoms with Gasteiger partial charge in [-0.05, 0) is 84.0 Å². The Labute approximate surface area is 186 Å². The van der Waals surface area contributed by atoms with Gasteiger partial charge in [0.1, 0.15) is 7.05 Å². The van der Waals surface area contributed by atoms with Gasteiger partial charge >= 0.3 is 0 Å². The van der Waals surface area contributed by atoms with E-state index in [2.05, 4.69) is 98.4 Å². The summed E-state index contributed by atoms with van der Waals surface area (Å²) in [7, 11) is 2.18. The molecule has 0 aliphatic heterocycles. The van der Waals surface area contributed by atoms with Crippen molar-refractivity contribution < 1.29 is 4.57 Å². The molecule has 0 atom stereocenters. The molecule has 1 aliphatic rings. The minimum atomic E-state index is 0.719. The van der Waals surface area contributed by atoms with Crippen LogP contribution in [0.3, 0.4) is 0 Å². The van der Waals surface area contributed by atoms with Gasteiger partial charge in [-0.25, -0.2) is 4.57 Å². The number of benzene rings is 3. The Kier molecular flexibility index (Phi) is 5.36. The van der Waals surface area contributed by atoms with Gasteiger partial charge in [-0.2, -0.15) is 0 Å². The van der Waals surface area contributed by atoms with E-state index in [1.165, 1.54) is 82.0 Å². The summed E-state index contributed by atoms with van der Waals surface area (Å²) in [6.45, 7) is 4.57. The molecule has 0 unspecified atom stereocenters. The van der Waals surface area contributed by atoms with Gasteiger partial charge in [-0.15, -0.1) is 0 Å². The highest BCUT2D eigenvalue weighted by Gasteiger charge is 2.22. The molecule has 156 valence electrons. The lowest BCUT2D eigenvalue weighted by atomic mass is 9.81. The number of hydrogen-bond acceptors (Lipinski definition) is 0. The van der Waals surface area contributed by atoms with Crippen molar-refractivity contribution in [2.75, 3.05) is 0 Å². The quantitative estimate of drug-likeness (QED) is 0.307. The number of aryl methyl sites for hydroxylation is 2. The molecule has 0 N–H and O–H groups in total.